The first kappa shape index (κ1) is 17.6. The minimum Gasteiger partial charge on any atom is -0.532 e. The molecule has 0 bridgehead atoms. The first-order valence-corrected chi connectivity index (χ1v) is 8.92. The number of rotatable bonds is 4. The third-order valence-electron chi connectivity index (χ3n) is 4.96. The summed E-state index contributed by atoms with van der Waals surface area (Å²) < 4.78 is 12.7. The maximum absolute atomic E-state index is 11.9. The fourth-order valence-electron chi connectivity index (χ4n) is 3.36. The number of anilines is 2. The lowest BCUT2D eigenvalue weighted by molar-refractivity contribution is 0.0238. The summed E-state index contributed by atoms with van der Waals surface area (Å²) in [5.41, 5.74) is 7.43. The Morgan fingerprint density at radius 1 is 1.48 bits per heavy atom. The SMILES string of the molecule is C[C@H]1CCOC[C@@H]1n1cc(C(N)=O)c(Nc2ccc3c(c2)C=CB(O)O3)n1. The van der Waals surface area contributed by atoms with Crippen LogP contribution in [0, 0.1) is 5.92 Å². The Labute approximate surface area is 157 Å². The van der Waals surface area contributed by atoms with E-state index in [1.807, 2.05) is 6.07 Å². The molecule has 0 spiro atoms. The molecule has 140 valence electrons. The first-order chi connectivity index (χ1) is 13.0. The lowest BCUT2D eigenvalue weighted by atomic mass is 9.86. The number of fused-ring (bicyclic) bond motifs is 1. The minimum atomic E-state index is -0.937. The molecule has 1 aromatic heterocycles. The number of primary amides is 1. The van der Waals surface area contributed by atoms with E-state index in [4.69, 9.17) is 15.1 Å². The molecule has 2 aromatic rings. The summed E-state index contributed by atoms with van der Waals surface area (Å²) in [7, 11) is -0.937. The standard InChI is InChI=1S/C18H21BN4O4/c1-11-5-7-26-10-15(11)23-9-14(17(20)24)18(22-23)21-13-2-3-16-12(8-13)4-6-19(25)27-16/h2-4,6,8-9,11,15,25H,5,7,10H2,1H3,(H2,20,24)(H,21,22)/t11-,15-/m0/s1. The summed E-state index contributed by atoms with van der Waals surface area (Å²) in [5.74, 6) is 2.40. The normalized spacial score (nSPS) is 21.5. The summed E-state index contributed by atoms with van der Waals surface area (Å²) in [5, 5.41) is 17.2. The average molecular weight is 368 g/mol. The van der Waals surface area contributed by atoms with E-state index in [9.17, 15) is 9.82 Å². The molecule has 1 saturated heterocycles. The van der Waals surface area contributed by atoms with Crippen molar-refractivity contribution >= 4 is 30.6 Å². The van der Waals surface area contributed by atoms with E-state index in [0.717, 1.165) is 24.3 Å². The zero-order valence-electron chi connectivity index (χ0n) is 15.0. The van der Waals surface area contributed by atoms with Crippen LogP contribution in [0.15, 0.2) is 30.4 Å². The van der Waals surface area contributed by atoms with E-state index >= 15 is 0 Å². The van der Waals surface area contributed by atoms with Crippen molar-refractivity contribution < 1.29 is 19.2 Å². The number of hydrogen-bond donors (Lipinski definition) is 3. The Hall–Kier alpha value is -2.78. The number of hydrogen-bond acceptors (Lipinski definition) is 6. The topological polar surface area (TPSA) is 112 Å². The molecule has 9 heteroatoms. The van der Waals surface area contributed by atoms with Crippen molar-refractivity contribution in [2.75, 3.05) is 18.5 Å². The van der Waals surface area contributed by atoms with Crippen molar-refractivity contribution in [3.8, 4) is 5.75 Å². The quantitative estimate of drug-likeness (QED) is 0.709. The van der Waals surface area contributed by atoms with Gasteiger partial charge in [-0.05, 0) is 36.5 Å². The Morgan fingerprint density at radius 3 is 3.11 bits per heavy atom. The molecule has 0 unspecified atom stereocenters. The minimum absolute atomic E-state index is 0.0637. The number of aromatic nitrogens is 2. The summed E-state index contributed by atoms with van der Waals surface area (Å²) in [6.45, 7) is 3.45. The fraction of sp³-hybridized carbons (Fsp3) is 0.333. The average Bonchev–Trinajstić information content (AvgIpc) is 3.06. The van der Waals surface area contributed by atoms with Crippen LogP contribution < -0.4 is 15.7 Å². The molecule has 2 atom stereocenters. The van der Waals surface area contributed by atoms with Crippen LogP contribution in [0.1, 0.15) is 35.3 Å². The molecule has 8 nitrogen and oxygen atoms in total. The van der Waals surface area contributed by atoms with Crippen LogP contribution in [0.3, 0.4) is 0 Å². The molecule has 0 aliphatic carbocycles. The molecular weight excluding hydrogens is 347 g/mol. The van der Waals surface area contributed by atoms with Gasteiger partial charge in [0.25, 0.3) is 5.91 Å². The van der Waals surface area contributed by atoms with E-state index in [2.05, 4.69) is 17.3 Å². The van der Waals surface area contributed by atoms with Gasteiger partial charge < -0.3 is 25.5 Å². The van der Waals surface area contributed by atoms with E-state index in [1.165, 1.54) is 0 Å². The highest BCUT2D eigenvalue weighted by atomic mass is 16.5. The number of carbonyl (C=O) groups is 1. The summed E-state index contributed by atoms with van der Waals surface area (Å²) in [4.78, 5) is 11.9. The Morgan fingerprint density at radius 2 is 2.33 bits per heavy atom. The van der Waals surface area contributed by atoms with Gasteiger partial charge in [-0.25, -0.2) is 0 Å². The third-order valence-corrected chi connectivity index (χ3v) is 4.96. The van der Waals surface area contributed by atoms with Crippen molar-refractivity contribution in [1.29, 1.82) is 0 Å². The monoisotopic (exact) mass is 368 g/mol. The molecule has 4 N–H and O–H groups in total. The van der Waals surface area contributed by atoms with Crippen LogP contribution in [0.4, 0.5) is 11.5 Å². The van der Waals surface area contributed by atoms with Crippen LogP contribution in [0.5, 0.6) is 5.75 Å². The lowest BCUT2D eigenvalue weighted by Gasteiger charge is -2.28. The van der Waals surface area contributed by atoms with Gasteiger partial charge in [0.15, 0.2) is 5.82 Å². The van der Waals surface area contributed by atoms with Crippen LogP contribution in [0.25, 0.3) is 6.08 Å². The highest BCUT2D eigenvalue weighted by Gasteiger charge is 2.27. The van der Waals surface area contributed by atoms with Gasteiger partial charge in [-0.1, -0.05) is 13.0 Å². The van der Waals surface area contributed by atoms with Gasteiger partial charge in [0.1, 0.15) is 11.3 Å². The van der Waals surface area contributed by atoms with Gasteiger partial charge in [0.05, 0.1) is 12.6 Å². The van der Waals surface area contributed by atoms with E-state index in [-0.39, 0.29) is 6.04 Å². The van der Waals surface area contributed by atoms with Crippen LogP contribution in [-0.4, -0.2) is 41.0 Å². The predicted octanol–water partition coefficient (Wildman–Crippen LogP) is 1.75. The predicted molar refractivity (Wildman–Crippen MR) is 102 cm³/mol. The zero-order valence-corrected chi connectivity index (χ0v) is 15.0. The Kier molecular flexibility index (Phi) is 4.63. The second-order valence-electron chi connectivity index (χ2n) is 6.89. The molecule has 1 aromatic carbocycles. The van der Waals surface area contributed by atoms with E-state index < -0.39 is 13.0 Å². The van der Waals surface area contributed by atoms with Crippen molar-refractivity contribution in [2.24, 2.45) is 11.7 Å². The molecular formula is C18H21BN4O4. The van der Waals surface area contributed by atoms with Crippen LogP contribution >= 0.6 is 0 Å². The molecule has 2 aliphatic heterocycles. The second-order valence-corrected chi connectivity index (χ2v) is 6.89. The van der Waals surface area contributed by atoms with Crippen LogP contribution in [0.2, 0.25) is 0 Å². The summed E-state index contributed by atoms with van der Waals surface area (Å²) >= 11 is 0. The number of nitrogens with two attached hydrogens (primary N) is 1. The van der Waals surface area contributed by atoms with Gasteiger partial charge in [-0.15, -0.1) is 0 Å². The molecule has 27 heavy (non-hydrogen) atoms. The van der Waals surface area contributed by atoms with Crippen molar-refractivity contribution in [1.82, 2.24) is 9.78 Å². The van der Waals surface area contributed by atoms with Gasteiger partial charge in [-0.3, -0.25) is 9.48 Å². The molecule has 0 saturated carbocycles. The number of amides is 1. The maximum atomic E-state index is 11.9. The highest BCUT2D eigenvalue weighted by Crippen LogP contribution is 2.31. The van der Waals surface area contributed by atoms with Crippen molar-refractivity contribution in [3.63, 3.8) is 0 Å². The van der Waals surface area contributed by atoms with Gasteiger partial charge in [0, 0.05) is 24.1 Å². The zero-order chi connectivity index (χ0) is 19.0. The van der Waals surface area contributed by atoms with Gasteiger partial charge in [0.2, 0.25) is 0 Å². The number of nitrogens with one attached hydrogen (secondary N) is 1. The number of nitrogens with zero attached hydrogens (tertiary/aromatic N) is 2. The van der Waals surface area contributed by atoms with E-state index in [1.54, 1.807) is 35.1 Å². The lowest BCUT2D eigenvalue weighted by Crippen LogP contribution is -2.28. The molecule has 4 rings (SSSR count). The molecule has 1 amide bonds. The third kappa shape index (κ3) is 3.56. The van der Waals surface area contributed by atoms with Crippen molar-refractivity contribution in [2.45, 2.75) is 19.4 Å². The Bertz CT molecular complexity index is 897. The number of ether oxygens (including phenoxy) is 1. The van der Waals surface area contributed by atoms with Gasteiger partial charge in [-0.2, -0.15) is 5.10 Å². The molecule has 3 heterocycles. The maximum Gasteiger partial charge on any atom is 0.552 e. The number of carbonyl (C=O) groups excluding carboxylic acids is 1. The van der Waals surface area contributed by atoms with E-state index in [0.29, 0.717) is 29.7 Å². The number of benzene rings is 1. The molecule has 2 aliphatic rings. The Balaban J connectivity index is 1.62. The smallest absolute Gasteiger partial charge is 0.532 e. The largest absolute Gasteiger partial charge is 0.552 e. The first-order valence-electron chi connectivity index (χ1n) is 8.92. The summed E-state index contributed by atoms with van der Waals surface area (Å²) in [6, 6.07) is 5.46. The fourth-order valence-corrected chi connectivity index (χ4v) is 3.36. The van der Waals surface area contributed by atoms with Gasteiger partial charge >= 0.3 is 7.12 Å². The second kappa shape index (κ2) is 7.09. The molecule has 0 radical (unpaired) electrons. The van der Waals surface area contributed by atoms with Crippen molar-refractivity contribution in [3.05, 3.63) is 41.5 Å². The highest BCUT2D eigenvalue weighted by molar-refractivity contribution is 6.51. The summed E-state index contributed by atoms with van der Waals surface area (Å²) in [6.07, 6.45) is 4.41. The van der Waals surface area contributed by atoms with Crippen LogP contribution in [-0.2, 0) is 4.74 Å². The molecule has 1 fully saturated rings.